The van der Waals surface area contributed by atoms with Crippen LogP contribution in [-0.2, 0) is 0 Å². The van der Waals surface area contributed by atoms with Gasteiger partial charge in [-0.25, -0.2) is 0 Å². The number of fused-ring (bicyclic) bond motifs is 2. The summed E-state index contributed by atoms with van der Waals surface area (Å²) in [4.78, 5) is 0. The summed E-state index contributed by atoms with van der Waals surface area (Å²) in [7, 11) is 0. The van der Waals surface area contributed by atoms with E-state index in [4.69, 9.17) is 0 Å². The van der Waals surface area contributed by atoms with Gasteiger partial charge in [-0.3, -0.25) is 0 Å². The van der Waals surface area contributed by atoms with Gasteiger partial charge in [0, 0.05) is 11.9 Å². The third-order valence-corrected chi connectivity index (χ3v) is 2.90. The fourth-order valence-corrected chi connectivity index (χ4v) is 2.03. The molecule has 0 amide bonds. The van der Waals surface area contributed by atoms with Crippen LogP contribution in [0.15, 0.2) is 42.5 Å². The van der Waals surface area contributed by atoms with Crippen molar-refractivity contribution in [3.05, 3.63) is 64.0 Å². The highest BCUT2D eigenvalue weighted by Gasteiger charge is 2.01. The number of rotatable bonds is 0. The van der Waals surface area contributed by atoms with Crippen molar-refractivity contribution < 1.29 is 0 Å². The van der Waals surface area contributed by atoms with Crippen molar-refractivity contribution in [2.75, 3.05) is 5.32 Å². The molecule has 0 saturated carbocycles. The van der Waals surface area contributed by atoms with Crippen molar-refractivity contribution in [3.63, 3.8) is 0 Å². The standard InChI is InChI=1S/C15H13N/c1-11-6-7-15-14(8-11)9-12-4-2-3-5-13(12)10-16-15/h2-10,16H,1H3. The van der Waals surface area contributed by atoms with E-state index in [1.54, 1.807) is 0 Å². The predicted octanol–water partition coefficient (Wildman–Crippen LogP) is 1.99. The maximum atomic E-state index is 3.35. The molecule has 1 aliphatic heterocycles. The van der Waals surface area contributed by atoms with Gasteiger partial charge in [0.05, 0.1) is 0 Å². The first-order valence-electron chi connectivity index (χ1n) is 5.47. The number of anilines is 1. The topological polar surface area (TPSA) is 12.0 Å². The Bertz CT molecular complexity index is 653. The lowest BCUT2D eigenvalue weighted by molar-refractivity contribution is 1.45. The largest absolute Gasteiger partial charge is 0.361 e. The average Bonchev–Trinajstić information content (AvgIpc) is 2.47. The number of benzene rings is 2. The van der Waals surface area contributed by atoms with Crippen molar-refractivity contribution in [1.29, 1.82) is 0 Å². The van der Waals surface area contributed by atoms with Crippen LogP contribution < -0.4 is 15.8 Å². The van der Waals surface area contributed by atoms with Crippen LogP contribution in [0.25, 0.3) is 12.3 Å². The van der Waals surface area contributed by atoms with Crippen LogP contribution in [0.4, 0.5) is 5.69 Å². The van der Waals surface area contributed by atoms with E-state index >= 15 is 0 Å². The van der Waals surface area contributed by atoms with Crippen molar-refractivity contribution in [2.45, 2.75) is 6.92 Å². The fraction of sp³-hybridized carbons (Fsp3) is 0.0667. The van der Waals surface area contributed by atoms with E-state index in [2.05, 4.69) is 67.0 Å². The smallest absolute Gasteiger partial charge is 0.0453 e. The van der Waals surface area contributed by atoms with Gasteiger partial charge in [-0.2, -0.15) is 0 Å². The second-order valence-corrected chi connectivity index (χ2v) is 4.15. The van der Waals surface area contributed by atoms with Crippen LogP contribution in [0.1, 0.15) is 11.1 Å². The summed E-state index contributed by atoms with van der Waals surface area (Å²) in [6.45, 7) is 2.12. The lowest BCUT2D eigenvalue weighted by Crippen LogP contribution is -2.23. The molecule has 1 heteroatoms. The zero-order valence-electron chi connectivity index (χ0n) is 9.20. The molecule has 3 rings (SSSR count). The van der Waals surface area contributed by atoms with Crippen LogP contribution in [0.5, 0.6) is 0 Å². The lowest BCUT2D eigenvalue weighted by Gasteiger charge is -2.04. The summed E-state index contributed by atoms with van der Waals surface area (Å²) in [5.74, 6) is 0. The van der Waals surface area contributed by atoms with Gasteiger partial charge in [0.2, 0.25) is 0 Å². The molecule has 1 heterocycles. The molecule has 0 unspecified atom stereocenters. The first-order valence-corrected chi connectivity index (χ1v) is 5.47. The molecular weight excluding hydrogens is 194 g/mol. The highest BCUT2D eigenvalue weighted by Crippen LogP contribution is 2.18. The van der Waals surface area contributed by atoms with Gasteiger partial charge < -0.3 is 5.32 Å². The Hall–Kier alpha value is -2.02. The molecule has 1 nitrogen and oxygen atoms in total. The monoisotopic (exact) mass is 207 g/mol. The molecule has 78 valence electrons. The fourth-order valence-electron chi connectivity index (χ4n) is 2.03. The molecule has 0 aliphatic carbocycles. The van der Waals surface area contributed by atoms with Crippen molar-refractivity contribution in [1.82, 2.24) is 0 Å². The molecule has 0 radical (unpaired) electrons. The summed E-state index contributed by atoms with van der Waals surface area (Å²) in [5, 5.41) is 5.85. The Morgan fingerprint density at radius 1 is 0.938 bits per heavy atom. The highest BCUT2D eigenvalue weighted by molar-refractivity contribution is 5.72. The average molecular weight is 207 g/mol. The third-order valence-electron chi connectivity index (χ3n) is 2.90. The Labute approximate surface area is 94.7 Å². The molecule has 0 spiro atoms. The van der Waals surface area contributed by atoms with Gasteiger partial charge in [0.1, 0.15) is 0 Å². The minimum absolute atomic E-state index is 1.17. The second kappa shape index (κ2) is 3.53. The van der Waals surface area contributed by atoms with Gasteiger partial charge in [-0.15, -0.1) is 0 Å². The lowest BCUT2D eigenvalue weighted by atomic mass is 10.1. The van der Waals surface area contributed by atoms with Gasteiger partial charge in [0.25, 0.3) is 0 Å². The summed E-state index contributed by atoms with van der Waals surface area (Å²) >= 11 is 0. The van der Waals surface area contributed by atoms with Gasteiger partial charge >= 0.3 is 0 Å². The van der Waals surface area contributed by atoms with E-state index < -0.39 is 0 Å². The maximum absolute atomic E-state index is 3.35. The molecule has 1 aliphatic rings. The van der Waals surface area contributed by atoms with Gasteiger partial charge in [-0.05, 0) is 41.1 Å². The predicted molar refractivity (Wildman–Crippen MR) is 68.5 cm³/mol. The molecule has 1 N–H and O–H groups in total. The number of hydrogen-bond donors (Lipinski definition) is 1. The molecule has 0 aromatic heterocycles. The van der Waals surface area contributed by atoms with E-state index in [9.17, 15) is 0 Å². The van der Waals surface area contributed by atoms with Crippen LogP contribution in [0.3, 0.4) is 0 Å². The molecule has 0 bridgehead atoms. The molecule has 16 heavy (non-hydrogen) atoms. The third kappa shape index (κ3) is 1.50. The van der Waals surface area contributed by atoms with Crippen molar-refractivity contribution in [2.24, 2.45) is 0 Å². The Balaban J connectivity index is 2.33. The molecule has 2 aromatic carbocycles. The minimum Gasteiger partial charge on any atom is -0.361 e. The van der Waals surface area contributed by atoms with E-state index in [1.165, 1.54) is 27.3 Å². The molecule has 2 aromatic rings. The molecule has 0 atom stereocenters. The van der Waals surface area contributed by atoms with Crippen molar-refractivity contribution >= 4 is 18.0 Å². The first kappa shape index (κ1) is 9.22. The number of hydrogen-bond acceptors (Lipinski definition) is 1. The molecule has 0 fully saturated rings. The zero-order chi connectivity index (χ0) is 11.0. The Morgan fingerprint density at radius 3 is 2.62 bits per heavy atom. The number of nitrogens with one attached hydrogen (secondary N) is 1. The summed E-state index contributed by atoms with van der Waals surface area (Å²) in [6, 6.07) is 14.9. The van der Waals surface area contributed by atoms with Crippen LogP contribution in [0.2, 0.25) is 0 Å². The Kier molecular flexibility index (Phi) is 2.03. The SMILES string of the molecule is Cc1ccc2c(c1)C=c1ccccc1=CN2. The maximum Gasteiger partial charge on any atom is 0.0453 e. The van der Waals surface area contributed by atoms with E-state index in [0.717, 1.165) is 0 Å². The molecular formula is C15H13N. The first-order chi connectivity index (χ1) is 7.83. The van der Waals surface area contributed by atoms with Gasteiger partial charge in [-0.1, -0.05) is 35.9 Å². The Morgan fingerprint density at radius 2 is 1.75 bits per heavy atom. The van der Waals surface area contributed by atoms with Gasteiger partial charge in [0.15, 0.2) is 0 Å². The quantitative estimate of drug-likeness (QED) is 0.696. The summed E-state index contributed by atoms with van der Waals surface area (Å²) in [5.41, 5.74) is 3.71. The number of aryl methyl sites for hydroxylation is 1. The van der Waals surface area contributed by atoms with Crippen molar-refractivity contribution in [3.8, 4) is 0 Å². The highest BCUT2D eigenvalue weighted by atomic mass is 14.8. The van der Waals surface area contributed by atoms with E-state index in [-0.39, 0.29) is 0 Å². The summed E-state index contributed by atoms with van der Waals surface area (Å²) < 4.78 is 0. The van der Waals surface area contributed by atoms with Crippen LogP contribution in [0, 0.1) is 6.92 Å². The van der Waals surface area contributed by atoms with Crippen LogP contribution >= 0.6 is 0 Å². The minimum atomic E-state index is 1.17. The normalized spacial score (nSPS) is 12.3. The zero-order valence-corrected chi connectivity index (χ0v) is 9.20. The van der Waals surface area contributed by atoms with E-state index in [0.29, 0.717) is 0 Å². The second-order valence-electron chi connectivity index (χ2n) is 4.15. The van der Waals surface area contributed by atoms with Crippen LogP contribution in [-0.4, -0.2) is 0 Å². The van der Waals surface area contributed by atoms with E-state index in [1.807, 2.05) is 0 Å². The molecule has 0 saturated heterocycles. The summed E-state index contributed by atoms with van der Waals surface area (Å²) in [6.07, 6.45) is 4.29.